The van der Waals surface area contributed by atoms with Crippen molar-refractivity contribution in [1.29, 1.82) is 5.26 Å². The van der Waals surface area contributed by atoms with E-state index in [2.05, 4.69) is 11.2 Å². The van der Waals surface area contributed by atoms with E-state index in [1.165, 1.54) is 27.4 Å². The minimum atomic E-state index is -4.19. The van der Waals surface area contributed by atoms with E-state index in [1.807, 2.05) is 6.07 Å². The van der Waals surface area contributed by atoms with Gasteiger partial charge in [-0.25, -0.2) is 13.6 Å². The van der Waals surface area contributed by atoms with Crippen molar-refractivity contribution in [3.8, 4) is 45.7 Å². The van der Waals surface area contributed by atoms with Crippen LogP contribution in [0.3, 0.4) is 0 Å². The van der Waals surface area contributed by atoms with Gasteiger partial charge < -0.3 is 18.7 Å². The maximum atomic E-state index is 12.3. The van der Waals surface area contributed by atoms with Crippen molar-refractivity contribution in [1.82, 2.24) is 5.16 Å². The molecule has 0 atom stereocenters. The Balaban J connectivity index is 1.99. The van der Waals surface area contributed by atoms with E-state index < -0.39 is 10.0 Å². The van der Waals surface area contributed by atoms with E-state index in [0.29, 0.717) is 33.5 Å². The summed E-state index contributed by atoms with van der Waals surface area (Å²) >= 11 is 0. The molecule has 1 aromatic heterocycles. The van der Waals surface area contributed by atoms with E-state index in [-0.39, 0.29) is 16.4 Å². The van der Waals surface area contributed by atoms with Gasteiger partial charge in [-0.2, -0.15) is 5.26 Å². The SMILES string of the molecule is COc1ccc(-c2noc3cc(-c4cccc(C#N)c4)cc(OC)c23)c(OC)c1S(N)(=O)=O. The van der Waals surface area contributed by atoms with Gasteiger partial charge in [0.1, 0.15) is 17.2 Å². The lowest BCUT2D eigenvalue weighted by Gasteiger charge is -2.15. The molecule has 1 heterocycles. The first kappa shape index (κ1) is 22.1. The number of benzene rings is 3. The number of primary sulfonamides is 1. The van der Waals surface area contributed by atoms with Gasteiger partial charge in [0.25, 0.3) is 0 Å². The van der Waals surface area contributed by atoms with Gasteiger partial charge in [-0.1, -0.05) is 17.3 Å². The third-order valence-corrected chi connectivity index (χ3v) is 6.08. The van der Waals surface area contributed by atoms with Gasteiger partial charge >= 0.3 is 0 Å². The van der Waals surface area contributed by atoms with Gasteiger partial charge in [0.2, 0.25) is 10.0 Å². The number of methoxy groups -OCH3 is 3. The van der Waals surface area contributed by atoms with Crippen LogP contribution in [0.1, 0.15) is 5.56 Å². The topological polar surface area (TPSA) is 138 Å². The van der Waals surface area contributed by atoms with Crippen molar-refractivity contribution in [2.24, 2.45) is 5.14 Å². The van der Waals surface area contributed by atoms with Crippen LogP contribution >= 0.6 is 0 Å². The Morgan fingerprint density at radius 3 is 2.36 bits per heavy atom. The number of rotatable bonds is 6. The van der Waals surface area contributed by atoms with Crippen LogP contribution in [-0.2, 0) is 10.0 Å². The van der Waals surface area contributed by atoms with Crippen LogP contribution in [0.2, 0.25) is 0 Å². The maximum absolute atomic E-state index is 12.3. The molecule has 0 aliphatic heterocycles. The highest BCUT2D eigenvalue weighted by molar-refractivity contribution is 7.89. The number of aromatic nitrogens is 1. The number of fused-ring (bicyclic) bond motifs is 1. The summed E-state index contributed by atoms with van der Waals surface area (Å²) in [5.74, 6) is 0.452. The number of hydrogen-bond acceptors (Lipinski definition) is 8. The van der Waals surface area contributed by atoms with Crippen molar-refractivity contribution >= 4 is 21.0 Å². The second kappa shape index (κ2) is 8.46. The molecule has 0 saturated carbocycles. The summed E-state index contributed by atoms with van der Waals surface area (Å²) in [6.45, 7) is 0. The molecule has 168 valence electrons. The van der Waals surface area contributed by atoms with E-state index in [4.69, 9.17) is 23.9 Å². The van der Waals surface area contributed by atoms with Crippen LogP contribution in [0.5, 0.6) is 17.2 Å². The molecule has 10 heteroatoms. The van der Waals surface area contributed by atoms with Gasteiger partial charge in [0.05, 0.1) is 38.3 Å². The summed E-state index contributed by atoms with van der Waals surface area (Å²) < 4.78 is 46.3. The monoisotopic (exact) mass is 465 g/mol. The van der Waals surface area contributed by atoms with Crippen molar-refractivity contribution < 1.29 is 27.2 Å². The summed E-state index contributed by atoms with van der Waals surface area (Å²) in [5.41, 5.74) is 3.11. The van der Waals surface area contributed by atoms with E-state index >= 15 is 0 Å². The first-order chi connectivity index (χ1) is 15.8. The number of nitriles is 1. The maximum Gasteiger partial charge on any atom is 0.245 e. The van der Waals surface area contributed by atoms with E-state index in [9.17, 15) is 13.7 Å². The van der Waals surface area contributed by atoms with Crippen molar-refractivity contribution in [3.05, 3.63) is 54.1 Å². The van der Waals surface area contributed by atoms with Gasteiger partial charge in [0, 0.05) is 5.56 Å². The molecular weight excluding hydrogens is 446 g/mol. The number of hydrogen-bond donors (Lipinski definition) is 1. The molecule has 0 radical (unpaired) electrons. The largest absolute Gasteiger partial charge is 0.496 e. The summed E-state index contributed by atoms with van der Waals surface area (Å²) in [6.07, 6.45) is 0. The zero-order chi connectivity index (χ0) is 23.8. The molecule has 33 heavy (non-hydrogen) atoms. The number of nitrogens with two attached hydrogens (primary N) is 1. The highest BCUT2D eigenvalue weighted by Crippen LogP contribution is 2.45. The molecule has 0 aliphatic rings. The van der Waals surface area contributed by atoms with Gasteiger partial charge in [-0.05, 0) is 47.5 Å². The third kappa shape index (κ3) is 3.84. The highest BCUT2D eigenvalue weighted by atomic mass is 32.2. The van der Waals surface area contributed by atoms with E-state index in [1.54, 1.807) is 36.4 Å². The Bertz CT molecular complexity index is 1520. The average Bonchev–Trinajstić information content (AvgIpc) is 3.25. The lowest BCUT2D eigenvalue weighted by Crippen LogP contribution is -2.15. The van der Waals surface area contributed by atoms with Gasteiger partial charge in [-0.15, -0.1) is 0 Å². The molecule has 0 aliphatic carbocycles. The molecule has 2 N–H and O–H groups in total. The zero-order valence-electron chi connectivity index (χ0n) is 17.9. The molecule has 9 nitrogen and oxygen atoms in total. The predicted molar refractivity (Wildman–Crippen MR) is 121 cm³/mol. The molecule has 4 aromatic rings. The second-order valence-corrected chi connectivity index (χ2v) is 8.50. The quantitative estimate of drug-likeness (QED) is 0.455. The molecule has 0 saturated heterocycles. The van der Waals surface area contributed by atoms with Crippen molar-refractivity contribution in [2.45, 2.75) is 4.90 Å². The number of ether oxygens (including phenoxy) is 3. The lowest BCUT2D eigenvalue weighted by molar-refractivity contribution is 0.374. The smallest absolute Gasteiger partial charge is 0.245 e. The van der Waals surface area contributed by atoms with Crippen LogP contribution in [0.15, 0.2) is 57.9 Å². The van der Waals surface area contributed by atoms with Crippen LogP contribution in [0, 0.1) is 11.3 Å². The van der Waals surface area contributed by atoms with Gasteiger partial charge in [0.15, 0.2) is 16.2 Å². The van der Waals surface area contributed by atoms with Gasteiger partial charge in [-0.3, -0.25) is 0 Å². The number of sulfonamides is 1. The molecule has 4 rings (SSSR count). The zero-order valence-corrected chi connectivity index (χ0v) is 18.8. The Labute approximate surface area is 189 Å². The Kier molecular flexibility index (Phi) is 5.68. The molecule has 0 amide bonds. The standard InChI is InChI=1S/C23H19N3O6S/c1-29-17-8-7-16(22(31-3)23(17)33(25,27)28)21-20-18(30-2)10-15(11-19(20)32-26-21)14-6-4-5-13(9-14)12-24/h4-11H,1-3H3,(H2,25,27,28). The molecule has 0 unspecified atom stereocenters. The number of nitrogens with zero attached hydrogens (tertiary/aromatic N) is 2. The first-order valence-corrected chi connectivity index (χ1v) is 11.1. The fourth-order valence-electron chi connectivity index (χ4n) is 3.68. The van der Waals surface area contributed by atoms with Crippen LogP contribution in [-0.4, -0.2) is 34.9 Å². The Morgan fingerprint density at radius 2 is 1.73 bits per heavy atom. The summed E-state index contributed by atoms with van der Waals surface area (Å²) in [6, 6.07) is 15.9. The molecular formula is C23H19N3O6S. The molecule has 0 bridgehead atoms. The van der Waals surface area contributed by atoms with E-state index in [0.717, 1.165) is 11.1 Å². The fraction of sp³-hybridized carbons (Fsp3) is 0.130. The second-order valence-electron chi connectivity index (χ2n) is 7.00. The van der Waals surface area contributed by atoms with Crippen molar-refractivity contribution in [3.63, 3.8) is 0 Å². The summed E-state index contributed by atoms with van der Waals surface area (Å²) in [7, 11) is -0.0242. The predicted octanol–water partition coefficient (Wildman–Crippen LogP) is 3.71. The molecule has 0 spiro atoms. The van der Waals surface area contributed by atoms with Crippen LogP contribution < -0.4 is 19.3 Å². The Hall–Kier alpha value is -4.07. The van der Waals surface area contributed by atoms with Crippen LogP contribution in [0.4, 0.5) is 0 Å². The average molecular weight is 465 g/mol. The lowest BCUT2D eigenvalue weighted by atomic mass is 9.99. The molecule has 0 fully saturated rings. The third-order valence-electron chi connectivity index (χ3n) is 5.12. The normalized spacial score (nSPS) is 11.2. The minimum absolute atomic E-state index is 0.0279. The Morgan fingerprint density at radius 1 is 0.970 bits per heavy atom. The first-order valence-electron chi connectivity index (χ1n) is 9.58. The summed E-state index contributed by atoms with van der Waals surface area (Å²) in [5, 5.41) is 19.3. The van der Waals surface area contributed by atoms with Crippen molar-refractivity contribution in [2.75, 3.05) is 21.3 Å². The molecule has 3 aromatic carbocycles. The highest BCUT2D eigenvalue weighted by Gasteiger charge is 2.28. The fourth-order valence-corrected chi connectivity index (χ4v) is 4.56. The van der Waals surface area contributed by atoms with Crippen LogP contribution in [0.25, 0.3) is 33.4 Å². The summed E-state index contributed by atoms with van der Waals surface area (Å²) in [4.78, 5) is -0.301. The minimum Gasteiger partial charge on any atom is -0.496 e.